The fourth-order valence-corrected chi connectivity index (χ4v) is 13.0. The van der Waals surface area contributed by atoms with Crippen LogP contribution in [0, 0.1) is 0 Å². The predicted molar refractivity (Wildman–Crippen MR) is 287 cm³/mol. The molecule has 0 N–H and O–H groups in total. The van der Waals surface area contributed by atoms with Crippen molar-refractivity contribution in [1.82, 2.24) is 0 Å². The highest BCUT2D eigenvalue weighted by atomic mass is 15.1. The average molecular weight is 874 g/mol. The summed E-state index contributed by atoms with van der Waals surface area (Å²) in [4.78, 5) is 2.50. The number of hydrogen-bond donors (Lipinski definition) is 0. The lowest BCUT2D eigenvalue weighted by Crippen LogP contribution is -2.24. The lowest BCUT2D eigenvalue weighted by Gasteiger charge is -2.35. The molecule has 0 radical (unpaired) electrons. The van der Waals surface area contributed by atoms with Gasteiger partial charge in [0.1, 0.15) is 0 Å². The van der Waals surface area contributed by atoms with Gasteiger partial charge in [0.25, 0.3) is 0 Å². The number of fused-ring (bicyclic) bond motifs is 10. The number of hydrogen-bond acceptors (Lipinski definition) is 1. The molecule has 0 heterocycles. The lowest BCUT2D eigenvalue weighted by atomic mass is 9.68. The molecule has 68 heavy (non-hydrogen) atoms. The quantitative estimate of drug-likeness (QED) is 0.138. The zero-order valence-corrected chi connectivity index (χ0v) is 38.7. The summed E-state index contributed by atoms with van der Waals surface area (Å²) in [6.45, 7) is 0. The van der Waals surface area contributed by atoms with Gasteiger partial charge in [-0.25, -0.2) is 0 Å². The summed E-state index contributed by atoms with van der Waals surface area (Å²) in [7, 11) is 0. The van der Waals surface area contributed by atoms with Crippen molar-refractivity contribution in [3.63, 3.8) is 0 Å². The molecule has 0 aromatic heterocycles. The van der Waals surface area contributed by atoms with Gasteiger partial charge in [-0.1, -0.05) is 201 Å². The Kier molecular flexibility index (Phi) is 10.2. The van der Waals surface area contributed by atoms with Crippen LogP contribution in [0.4, 0.5) is 11.4 Å². The van der Waals surface area contributed by atoms with Gasteiger partial charge in [0.15, 0.2) is 0 Å². The SMILES string of the molecule is C1=C(/C=C/c2ccc3c(c2)C2(CCCC2)C2=C3CCC(N(c3ccccc3)c3ccccc3)=C2)CCC(C2=C(c3ccccc3)c3c(c4ccccc4c4ccccc34)C(c3ccccc3)C2)=C1. The zero-order valence-electron chi connectivity index (χ0n) is 38.7. The highest BCUT2D eigenvalue weighted by Gasteiger charge is 2.47. The number of rotatable bonds is 8. The van der Waals surface area contributed by atoms with Gasteiger partial charge >= 0.3 is 0 Å². The highest BCUT2D eigenvalue weighted by molar-refractivity contribution is 6.16. The summed E-state index contributed by atoms with van der Waals surface area (Å²) in [6.07, 6.45) is 22.4. The minimum absolute atomic E-state index is 0.0962. The molecule has 0 saturated heterocycles. The second kappa shape index (κ2) is 17.0. The third kappa shape index (κ3) is 6.82. The Hall–Kier alpha value is -7.48. The normalized spacial score (nSPS) is 18.4. The molecule has 1 fully saturated rings. The van der Waals surface area contributed by atoms with Gasteiger partial charge < -0.3 is 4.90 Å². The largest absolute Gasteiger partial charge is 0.314 e. The Morgan fingerprint density at radius 2 is 1.13 bits per heavy atom. The molecule has 0 aliphatic heterocycles. The molecular formula is C67H55N. The van der Waals surface area contributed by atoms with E-state index in [4.69, 9.17) is 0 Å². The van der Waals surface area contributed by atoms with Crippen molar-refractivity contribution < 1.29 is 0 Å². The van der Waals surface area contributed by atoms with E-state index in [1.807, 2.05) is 0 Å². The molecule has 1 unspecified atom stereocenters. The number of anilines is 2. The predicted octanol–water partition coefficient (Wildman–Crippen LogP) is 17.8. The molecule has 0 amide bonds. The van der Waals surface area contributed by atoms with Gasteiger partial charge in [-0.05, 0) is 169 Å². The zero-order chi connectivity index (χ0) is 45.0. The van der Waals surface area contributed by atoms with Crippen LogP contribution in [-0.2, 0) is 5.41 Å². The van der Waals surface area contributed by atoms with Crippen molar-refractivity contribution in [2.45, 2.75) is 69.1 Å². The van der Waals surface area contributed by atoms with Gasteiger partial charge in [-0.2, -0.15) is 0 Å². The van der Waals surface area contributed by atoms with Crippen molar-refractivity contribution in [1.29, 1.82) is 0 Å². The number of allylic oxidation sites excluding steroid dienone is 10. The molecule has 13 rings (SSSR count). The van der Waals surface area contributed by atoms with Crippen LogP contribution in [0.1, 0.15) is 103 Å². The van der Waals surface area contributed by atoms with Gasteiger partial charge in [-0.3, -0.25) is 0 Å². The van der Waals surface area contributed by atoms with Crippen LogP contribution < -0.4 is 4.90 Å². The summed E-state index contributed by atoms with van der Waals surface area (Å²) in [5.41, 5.74) is 22.8. The molecule has 5 aliphatic rings. The van der Waals surface area contributed by atoms with E-state index >= 15 is 0 Å². The van der Waals surface area contributed by atoms with Crippen LogP contribution in [-0.4, -0.2) is 0 Å². The molecule has 1 spiro atoms. The maximum atomic E-state index is 2.60. The van der Waals surface area contributed by atoms with Gasteiger partial charge in [0, 0.05) is 28.4 Å². The Bertz CT molecular complexity index is 3410. The Balaban J connectivity index is 0.865. The fourth-order valence-electron chi connectivity index (χ4n) is 13.0. The van der Waals surface area contributed by atoms with E-state index in [-0.39, 0.29) is 11.3 Å². The Morgan fingerprint density at radius 3 is 1.81 bits per heavy atom. The van der Waals surface area contributed by atoms with Crippen LogP contribution in [0.15, 0.2) is 240 Å². The van der Waals surface area contributed by atoms with E-state index in [0.717, 1.165) is 32.1 Å². The molecule has 1 nitrogen and oxygen atoms in total. The fraction of sp³-hybridized carbons (Fsp3) is 0.164. The van der Waals surface area contributed by atoms with Crippen LogP contribution in [0.5, 0.6) is 0 Å². The maximum Gasteiger partial charge on any atom is 0.0458 e. The molecule has 8 aromatic carbocycles. The van der Waals surface area contributed by atoms with E-state index in [1.165, 1.54) is 120 Å². The smallest absolute Gasteiger partial charge is 0.0458 e. The summed E-state index contributed by atoms with van der Waals surface area (Å²) >= 11 is 0. The van der Waals surface area contributed by atoms with Crippen LogP contribution in [0.2, 0.25) is 0 Å². The number of nitrogens with zero attached hydrogens (tertiary/aromatic N) is 1. The molecule has 1 atom stereocenters. The number of para-hydroxylation sites is 2. The Morgan fingerprint density at radius 1 is 0.515 bits per heavy atom. The third-order valence-electron chi connectivity index (χ3n) is 16.0. The van der Waals surface area contributed by atoms with Gasteiger partial charge in [0.05, 0.1) is 0 Å². The van der Waals surface area contributed by atoms with Crippen LogP contribution >= 0.6 is 0 Å². The second-order valence-electron chi connectivity index (χ2n) is 19.7. The topological polar surface area (TPSA) is 3.24 Å². The monoisotopic (exact) mass is 873 g/mol. The maximum absolute atomic E-state index is 2.60. The molecule has 1 saturated carbocycles. The van der Waals surface area contributed by atoms with Crippen LogP contribution in [0.25, 0.3) is 38.8 Å². The first-order valence-corrected chi connectivity index (χ1v) is 25.1. The lowest BCUT2D eigenvalue weighted by molar-refractivity contribution is 0.542. The van der Waals surface area contributed by atoms with E-state index in [1.54, 1.807) is 16.7 Å². The first-order chi connectivity index (χ1) is 33.7. The highest BCUT2D eigenvalue weighted by Crippen LogP contribution is 2.59. The molecule has 5 aliphatic carbocycles. The number of benzene rings is 8. The van der Waals surface area contributed by atoms with Crippen LogP contribution in [0.3, 0.4) is 0 Å². The van der Waals surface area contributed by atoms with E-state index in [2.05, 4.69) is 223 Å². The minimum Gasteiger partial charge on any atom is -0.314 e. The summed E-state index contributed by atoms with van der Waals surface area (Å²) < 4.78 is 0. The van der Waals surface area contributed by atoms with Gasteiger partial charge in [0.2, 0.25) is 0 Å². The van der Waals surface area contributed by atoms with Crippen molar-refractivity contribution in [3.05, 3.63) is 279 Å². The van der Waals surface area contributed by atoms with Crippen molar-refractivity contribution in [2.24, 2.45) is 0 Å². The standard InChI is InChI=1S/C67H55N/c1-5-19-48(20-6-1)61-45-60(64(50-21-7-2-8-22-50)66-59-30-16-14-28-55(59)54-27-13-15-29-58(54)65(61)66)49-36-33-46(34-37-49)31-32-47-35-39-56-57-40-38-53(44-63(57)67(62(56)43-47)41-17-18-42-67)68(51-23-9-3-10-24-51)52-25-11-4-12-26-52/h1-16,19-33,35-36,39,43-44,61H,17-18,34,37-38,40-42,45H2/b32-31+. The molecular weight excluding hydrogens is 819 g/mol. The molecule has 1 heteroatoms. The minimum atomic E-state index is 0.0962. The van der Waals surface area contributed by atoms with E-state index in [9.17, 15) is 0 Å². The summed E-state index contributed by atoms with van der Waals surface area (Å²) in [5.74, 6) is 0.242. The molecule has 0 bridgehead atoms. The molecule has 328 valence electrons. The van der Waals surface area contributed by atoms with E-state index in [0.29, 0.717) is 0 Å². The van der Waals surface area contributed by atoms with Crippen molar-refractivity contribution in [2.75, 3.05) is 4.90 Å². The van der Waals surface area contributed by atoms with Gasteiger partial charge in [-0.15, -0.1) is 0 Å². The van der Waals surface area contributed by atoms with Crippen molar-refractivity contribution in [3.8, 4) is 0 Å². The third-order valence-corrected chi connectivity index (χ3v) is 16.0. The summed E-state index contributed by atoms with van der Waals surface area (Å²) in [5, 5.41) is 5.38. The molecule has 8 aromatic rings. The average Bonchev–Trinajstić information content (AvgIpc) is 4.02. The summed E-state index contributed by atoms with van der Waals surface area (Å²) in [6, 6.07) is 70.1. The first-order valence-electron chi connectivity index (χ1n) is 25.1. The second-order valence-corrected chi connectivity index (χ2v) is 19.7. The van der Waals surface area contributed by atoms with Crippen molar-refractivity contribution >= 4 is 50.1 Å². The first kappa shape index (κ1) is 40.8. The Labute approximate surface area is 401 Å². The van der Waals surface area contributed by atoms with E-state index < -0.39 is 0 Å².